The first kappa shape index (κ1) is 18.5. The van der Waals surface area contributed by atoms with E-state index in [-0.39, 0.29) is 18.4 Å². The van der Waals surface area contributed by atoms with Crippen LogP contribution < -0.4 is 5.32 Å². The van der Waals surface area contributed by atoms with Gasteiger partial charge in [0.1, 0.15) is 5.82 Å². The summed E-state index contributed by atoms with van der Waals surface area (Å²) in [5, 5.41) is 13.1. The summed E-state index contributed by atoms with van der Waals surface area (Å²) in [6.07, 6.45) is 6.81. The highest BCUT2D eigenvalue weighted by Crippen LogP contribution is 2.23. The number of likely N-dealkylation sites (tertiary alicyclic amines) is 1. The van der Waals surface area contributed by atoms with Gasteiger partial charge in [0.25, 0.3) is 0 Å². The second kappa shape index (κ2) is 8.00. The summed E-state index contributed by atoms with van der Waals surface area (Å²) in [5.41, 5.74) is 3.08. The number of aromatic nitrogens is 3. The summed E-state index contributed by atoms with van der Waals surface area (Å²) in [7, 11) is 2.08. The molecule has 4 rings (SSSR count). The first-order valence-electron chi connectivity index (χ1n) is 9.44. The summed E-state index contributed by atoms with van der Waals surface area (Å²) >= 11 is 0. The molecule has 0 aliphatic carbocycles. The Balaban J connectivity index is 1.56. The maximum Gasteiger partial charge on any atom is 0.228 e. The molecular weight excluding hydrogens is 354 g/mol. The zero-order chi connectivity index (χ0) is 19.5. The van der Waals surface area contributed by atoms with Gasteiger partial charge in [0, 0.05) is 41.5 Å². The molecule has 0 bridgehead atoms. The van der Waals surface area contributed by atoms with Crippen molar-refractivity contribution < 1.29 is 9.90 Å². The first-order valence-corrected chi connectivity index (χ1v) is 9.44. The molecule has 0 spiro atoms. The van der Waals surface area contributed by atoms with Crippen molar-refractivity contribution >= 4 is 22.6 Å². The number of anilines is 1. The van der Waals surface area contributed by atoms with E-state index in [1.807, 2.05) is 18.2 Å². The summed E-state index contributed by atoms with van der Waals surface area (Å²) in [6, 6.07) is 7.51. The van der Waals surface area contributed by atoms with Crippen LogP contribution in [0.15, 0.2) is 42.9 Å². The minimum atomic E-state index is -0.0640. The van der Waals surface area contributed by atoms with E-state index >= 15 is 0 Å². The number of piperidine rings is 1. The molecule has 1 saturated heterocycles. The van der Waals surface area contributed by atoms with Crippen molar-refractivity contribution in [3.8, 4) is 11.3 Å². The molecule has 0 aromatic carbocycles. The van der Waals surface area contributed by atoms with Gasteiger partial charge in [0.05, 0.1) is 17.8 Å². The lowest BCUT2D eigenvalue weighted by molar-refractivity contribution is -0.121. The smallest absolute Gasteiger partial charge is 0.228 e. The van der Waals surface area contributed by atoms with Crippen molar-refractivity contribution in [3.05, 3.63) is 48.4 Å². The van der Waals surface area contributed by atoms with Crippen LogP contribution in [-0.2, 0) is 11.4 Å². The van der Waals surface area contributed by atoms with Crippen LogP contribution in [0.2, 0.25) is 0 Å². The first-order chi connectivity index (χ1) is 13.6. The molecule has 144 valence electrons. The summed E-state index contributed by atoms with van der Waals surface area (Å²) in [6.45, 7) is 1.82. The van der Waals surface area contributed by atoms with Gasteiger partial charge in [0.15, 0.2) is 0 Å². The molecule has 2 N–H and O–H groups in total. The van der Waals surface area contributed by atoms with E-state index in [0.717, 1.165) is 53.7 Å². The van der Waals surface area contributed by atoms with E-state index in [9.17, 15) is 9.90 Å². The average Bonchev–Trinajstić information content (AvgIpc) is 2.73. The maximum atomic E-state index is 12.5. The van der Waals surface area contributed by atoms with Gasteiger partial charge in [-0.15, -0.1) is 0 Å². The van der Waals surface area contributed by atoms with Crippen LogP contribution in [0.25, 0.3) is 22.2 Å². The zero-order valence-corrected chi connectivity index (χ0v) is 15.8. The molecule has 7 nitrogen and oxygen atoms in total. The van der Waals surface area contributed by atoms with Crippen molar-refractivity contribution in [2.45, 2.75) is 19.4 Å². The highest BCUT2D eigenvalue weighted by molar-refractivity contribution is 5.93. The van der Waals surface area contributed by atoms with Crippen molar-refractivity contribution in [1.29, 1.82) is 0 Å². The number of amides is 1. The lowest BCUT2D eigenvalue weighted by atomic mass is 9.96. The summed E-state index contributed by atoms with van der Waals surface area (Å²) in [5.74, 6) is 0.569. The number of carbonyl (C=O) groups is 1. The van der Waals surface area contributed by atoms with Gasteiger partial charge in [-0.1, -0.05) is 0 Å². The van der Waals surface area contributed by atoms with Gasteiger partial charge in [-0.2, -0.15) is 0 Å². The molecule has 7 heteroatoms. The molecule has 0 atom stereocenters. The molecule has 1 amide bonds. The minimum Gasteiger partial charge on any atom is -0.392 e. The van der Waals surface area contributed by atoms with Gasteiger partial charge < -0.3 is 15.3 Å². The van der Waals surface area contributed by atoms with E-state index in [1.54, 1.807) is 24.7 Å². The second-order valence-electron chi connectivity index (χ2n) is 7.27. The molecule has 1 aliphatic heterocycles. The third-order valence-corrected chi connectivity index (χ3v) is 5.19. The monoisotopic (exact) mass is 377 g/mol. The fourth-order valence-electron chi connectivity index (χ4n) is 3.46. The zero-order valence-electron chi connectivity index (χ0n) is 15.8. The van der Waals surface area contributed by atoms with Crippen LogP contribution in [0.5, 0.6) is 0 Å². The molecule has 1 aliphatic rings. The average molecular weight is 377 g/mol. The number of aliphatic hydroxyl groups is 1. The van der Waals surface area contributed by atoms with Crippen LogP contribution >= 0.6 is 0 Å². The van der Waals surface area contributed by atoms with Crippen molar-refractivity contribution in [2.24, 2.45) is 5.92 Å². The topological polar surface area (TPSA) is 91.2 Å². The predicted octanol–water partition coefficient (Wildman–Crippen LogP) is 2.46. The minimum absolute atomic E-state index is 0.0240. The SMILES string of the molecule is CN1CCC(C(=O)Nc2cc3nc(-c4cncc(CO)c4)ccc3cn2)CC1. The molecule has 4 heterocycles. The Kier molecular flexibility index (Phi) is 5.27. The maximum absolute atomic E-state index is 12.5. The summed E-state index contributed by atoms with van der Waals surface area (Å²) < 4.78 is 0. The van der Waals surface area contributed by atoms with E-state index in [0.29, 0.717) is 5.82 Å². The number of fused-ring (bicyclic) bond motifs is 1. The van der Waals surface area contributed by atoms with E-state index in [4.69, 9.17) is 4.98 Å². The van der Waals surface area contributed by atoms with E-state index in [1.165, 1.54) is 0 Å². The lowest BCUT2D eigenvalue weighted by Gasteiger charge is -2.27. The van der Waals surface area contributed by atoms with Crippen LogP contribution in [0.1, 0.15) is 18.4 Å². The Morgan fingerprint density at radius 2 is 2.04 bits per heavy atom. The fraction of sp³-hybridized carbons (Fsp3) is 0.333. The van der Waals surface area contributed by atoms with Gasteiger partial charge in [0.2, 0.25) is 5.91 Å². The standard InChI is InChI=1S/C21H23N5O2/c1-26-6-4-15(5-7-26)21(28)25-20-9-19-16(12-23-20)2-3-18(24-19)17-8-14(13-27)10-22-11-17/h2-3,8-12,15,27H,4-7,13H2,1H3,(H,23,25,28). The molecule has 0 radical (unpaired) electrons. The van der Waals surface area contributed by atoms with Gasteiger partial charge >= 0.3 is 0 Å². The molecular formula is C21H23N5O2. The molecule has 0 unspecified atom stereocenters. The number of hydrogen-bond acceptors (Lipinski definition) is 6. The predicted molar refractivity (Wildman–Crippen MR) is 108 cm³/mol. The number of rotatable bonds is 4. The Morgan fingerprint density at radius 3 is 2.82 bits per heavy atom. The number of aliphatic hydroxyl groups excluding tert-OH is 1. The highest BCUT2D eigenvalue weighted by Gasteiger charge is 2.23. The number of nitrogens with zero attached hydrogens (tertiary/aromatic N) is 4. The van der Waals surface area contributed by atoms with Gasteiger partial charge in [-0.05, 0) is 56.7 Å². The number of pyridine rings is 3. The third kappa shape index (κ3) is 4.00. The number of hydrogen-bond donors (Lipinski definition) is 2. The fourth-order valence-corrected chi connectivity index (χ4v) is 3.46. The normalized spacial score (nSPS) is 15.6. The van der Waals surface area contributed by atoms with Gasteiger partial charge in [-0.25, -0.2) is 9.97 Å². The number of carbonyl (C=O) groups excluding carboxylic acids is 1. The largest absolute Gasteiger partial charge is 0.392 e. The second-order valence-corrected chi connectivity index (χ2v) is 7.27. The van der Waals surface area contributed by atoms with E-state index < -0.39 is 0 Å². The molecule has 0 saturated carbocycles. The molecule has 3 aromatic heterocycles. The van der Waals surface area contributed by atoms with Gasteiger partial charge in [-0.3, -0.25) is 9.78 Å². The van der Waals surface area contributed by atoms with Crippen LogP contribution in [-0.4, -0.2) is 51.0 Å². The quantitative estimate of drug-likeness (QED) is 0.726. The van der Waals surface area contributed by atoms with Crippen molar-refractivity contribution in [2.75, 3.05) is 25.5 Å². The Labute approximate surface area is 163 Å². The lowest BCUT2D eigenvalue weighted by Crippen LogP contribution is -2.36. The highest BCUT2D eigenvalue weighted by atomic mass is 16.3. The van der Waals surface area contributed by atoms with Crippen molar-refractivity contribution in [1.82, 2.24) is 19.9 Å². The van der Waals surface area contributed by atoms with Crippen LogP contribution in [0.3, 0.4) is 0 Å². The van der Waals surface area contributed by atoms with Crippen LogP contribution in [0.4, 0.5) is 5.82 Å². The van der Waals surface area contributed by atoms with E-state index in [2.05, 4.69) is 27.2 Å². The molecule has 1 fully saturated rings. The van der Waals surface area contributed by atoms with Crippen molar-refractivity contribution in [3.63, 3.8) is 0 Å². The Bertz CT molecular complexity index is 999. The Morgan fingerprint density at radius 1 is 1.21 bits per heavy atom. The molecule has 3 aromatic rings. The third-order valence-electron chi connectivity index (χ3n) is 5.19. The molecule has 28 heavy (non-hydrogen) atoms. The van der Waals surface area contributed by atoms with Crippen LogP contribution in [0, 0.1) is 5.92 Å². The Hall–Kier alpha value is -2.90. The number of nitrogens with one attached hydrogen (secondary N) is 1. The summed E-state index contributed by atoms with van der Waals surface area (Å²) in [4.78, 5) is 28.0.